The van der Waals surface area contributed by atoms with Crippen LogP contribution in [0.2, 0.25) is 0 Å². The van der Waals surface area contributed by atoms with Crippen LogP contribution in [0.1, 0.15) is 23.2 Å². The van der Waals surface area contributed by atoms with Crippen molar-refractivity contribution in [3.63, 3.8) is 0 Å². The molecule has 0 aromatic heterocycles. The van der Waals surface area contributed by atoms with E-state index in [0.29, 0.717) is 0 Å². The Balaban J connectivity index is 2.06. The molecular weight excluding hydrogens is 265 g/mol. The third-order valence-electron chi connectivity index (χ3n) is 3.46. The van der Waals surface area contributed by atoms with Gasteiger partial charge in [-0.2, -0.15) is 4.39 Å². The van der Waals surface area contributed by atoms with E-state index in [1.54, 1.807) is 0 Å². The lowest BCUT2D eigenvalue weighted by Crippen LogP contribution is -2.43. The van der Waals surface area contributed by atoms with Crippen molar-refractivity contribution < 1.29 is 14.1 Å². The van der Waals surface area contributed by atoms with Gasteiger partial charge in [0.2, 0.25) is 5.82 Å². The zero-order valence-electron chi connectivity index (χ0n) is 11.1. The van der Waals surface area contributed by atoms with Crippen molar-refractivity contribution in [2.45, 2.75) is 18.9 Å². The maximum atomic E-state index is 13.2. The average molecular weight is 281 g/mol. The fraction of sp³-hybridized carbons (Fsp3) is 0.462. The van der Waals surface area contributed by atoms with Gasteiger partial charge in [0, 0.05) is 17.7 Å². The Morgan fingerprint density at radius 3 is 2.70 bits per heavy atom. The molecule has 20 heavy (non-hydrogen) atoms. The molecule has 1 aromatic carbocycles. The van der Waals surface area contributed by atoms with Gasteiger partial charge in [-0.05, 0) is 45.1 Å². The summed E-state index contributed by atoms with van der Waals surface area (Å²) in [5, 5.41) is 13.5. The summed E-state index contributed by atoms with van der Waals surface area (Å²) < 4.78 is 13.2. The molecule has 0 radical (unpaired) electrons. The number of carbonyl (C=O) groups is 1. The molecule has 0 bridgehead atoms. The van der Waals surface area contributed by atoms with Gasteiger partial charge in [0.15, 0.2) is 0 Å². The van der Waals surface area contributed by atoms with Crippen LogP contribution in [-0.2, 0) is 0 Å². The molecular formula is C13H16FN3O3. The number of nitrogens with one attached hydrogen (secondary N) is 1. The Kier molecular flexibility index (Phi) is 4.29. The van der Waals surface area contributed by atoms with Crippen LogP contribution >= 0.6 is 0 Å². The number of likely N-dealkylation sites (tertiary alicyclic amines) is 1. The number of hydrogen-bond acceptors (Lipinski definition) is 4. The fourth-order valence-electron chi connectivity index (χ4n) is 2.22. The number of hydrogen-bond donors (Lipinski definition) is 1. The number of rotatable bonds is 3. The lowest BCUT2D eigenvalue weighted by Gasteiger charge is -2.29. The molecule has 108 valence electrons. The van der Waals surface area contributed by atoms with Gasteiger partial charge in [0.1, 0.15) is 0 Å². The molecule has 1 heterocycles. The molecule has 1 N–H and O–H groups in total. The molecule has 1 amide bonds. The second-order valence-electron chi connectivity index (χ2n) is 4.97. The van der Waals surface area contributed by atoms with Crippen molar-refractivity contribution in [3.05, 3.63) is 39.7 Å². The molecule has 0 atom stereocenters. The van der Waals surface area contributed by atoms with Crippen molar-refractivity contribution in [2.24, 2.45) is 0 Å². The van der Waals surface area contributed by atoms with E-state index in [-0.39, 0.29) is 11.6 Å². The van der Waals surface area contributed by atoms with Crippen LogP contribution in [0.4, 0.5) is 10.1 Å². The van der Waals surface area contributed by atoms with Crippen LogP contribution in [0, 0.1) is 15.9 Å². The molecule has 1 aromatic rings. The summed E-state index contributed by atoms with van der Waals surface area (Å²) in [6, 6.07) is 3.23. The number of amides is 1. The summed E-state index contributed by atoms with van der Waals surface area (Å²) >= 11 is 0. The lowest BCUT2D eigenvalue weighted by atomic mass is 10.0. The van der Waals surface area contributed by atoms with Crippen molar-refractivity contribution >= 4 is 11.6 Å². The second kappa shape index (κ2) is 5.96. The van der Waals surface area contributed by atoms with Gasteiger partial charge in [0.05, 0.1) is 4.92 Å². The van der Waals surface area contributed by atoms with Gasteiger partial charge < -0.3 is 10.2 Å². The van der Waals surface area contributed by atoms with E-state index < -0.39 is 22.3 Å². The van der Waals surface area contributed by atoms with Gasteiger partial charge in [-0.15, -0.1) is 0 Å². The van der Waals surface area contributed by atoms with Crippen LogP contribution in [-0.4, -0.2) is 41.9 Å². The minimum Gasteiger partial charge on any atom is -0.349 e. The molecule has 0 spiro atoms. The molecule has 1 saturated heterocycles. The Hall–Kier alpha value is -2.02. The zero-order chi connectivity index (χ0) is 14.7. The predicted octanol–water partition coefficient (Wildman–Crippen LogP) is 1.56. The van der Waals surface area contributed by atoms with Crippen LogP contribution in [0.3, 0.4) is 0 Å². The van der Waals surface area contributed by atoms with E-state index in [1.807, 2.05) is 7.05 Å². The molecule has 7 heteroatoms. The van der Waals surface area contributed by atoms with Gasteiger partial charge in [-0.3, -0.25) is 14.9 Å². The number of nitro benzene ring substituents is 1. The summed E-state index contributed by atoms with van der Waals surface area (Å²) in [4.78, 5) is 24.0. The number of benzene rings is 1. The highest BCUT2D eigenvalue weighted by Gasteiger charge is 2.21. The summed E-state index contributed by atoms with van der Waals surface area (Å²) in [6.45, 7) is 1.79. The summed E-state index contributed by atoms with van der Waals surface area (Å²) in [6.07, 6.45) is 1.68. The van der Waals surface area contributed by atoms with Crippen molar-refractivity contribution in [2.75, 3.05) is 20.1 Å². The maximum Gasteiger partial charge on any atom is 0.305 e. The van der Waals surface area contributed by atoms with Gasteiger partial charge in [-0.25, -0.2) is 0 Å². The lowest BCUT2D eigenvalue weighted by molar-refractivity contribution is -0.387. The third kappa shape index (κ3) is 3.30. The predicted molar refractivity (Wildman–Crippen MR) is 71.0 cm³/mol. The highest BCUT2D eigenvalue weighted by atomic mass is 19.1. The smallest absolute Gasteiger partial charge is 0.305 e. The minimum absolute atomic E-state index is 0.0582. The van der Waals surface area contributed by atoms with E-state index in [9.17, 15) is 19.3 Å². The van der Waals surface area contributed by atoms with Gasteiger partial charge >= 0.3 is 5.69 Å². The standard InChI is InChI=1S/C13H16FN3O3/c1-16-6-4-10(5-7-16)15-13(18)9-2-3-11(14)12(8-9)17(19)20/h2-3,8,10H,4-7H2,1H3,(H,15,18). The fourth-order valence-corrected chi connectivity index (χ4v) is 2.22. The van der Waals surface area contributed by atoms with E-state index in [1.165, 1.54) is 6.07 Å². The first-order valence-corrected chi connectivity index (χ1v) is 6.40. The van der Waals surface area contributed by atoms with E-state index >= 15 is 0 Å². The number of halogens is 1. The molecule has 0 aliphatic carbocycles. The minimum atomic E-state index is -0.939. The zero-order valence-corrected chi connectivity index (χ0v) is 11.1. The monoisotopic (exact) mass is 281 g/mol. The van der Waals surface area contributed by atoms with Crippen LogP contribution in [0.25, 0.3) is 0 Å². The number of nitrogens with zero attached hydrogens (tertiary/aromatic N) is 2. The van der Waals surface area contributed by atoms with Crippen LogP contribution in [0.5, 0.6) is 0 Å². The highest BCUT2D eigenvalue weighted by molar-refractivity contribution is 5.95. The third-order valence-corrected chi connectivity index (χ3v) is 3.46. The quantitative estimate of drug-likeness (QED) is 0.674. The second-order valence-corrected chi connectivity index (χ2v) is 4.97. The van der Waals surface area contributed by atoms with Gasteiger partial charge in [-0.1, -0.05) is 0 Å². The molecule has 2 rings (SSSR count). The Bertz CT molecular complexity index is 528. The number of piperidine rings is 1. The van der Waals surface area contributed by atoms with E-state index in [2.05, 4.69) is 10.2 Å². The normalized spacial score (nSPS) is 16.9. The molecule has 1 fully saturated rings. The number of carbonyl (C=O) groups excluding carboxylic acids is 1. The Morgan fingerprint density at radius 1 is 1.45 bits per heavy atom. The first-order valence-electron chi connectivity index (χ1n) is 6.40. The molecule has 0 saturated carbocycles. The van der Waals surface area contributed by atoms with Crippen molar-refractivity contribution in [1.82, 2.24) is 10.2 Å². The molecule has 1 aliphatic rings. The Morgan fingerprint density at radius 2 is 2.10 bits per heavy atom. The number of nitro groups is 1. The average Bonchev–Trinajstić information content (AvgIpc) is 2.41. The Labute approximate surface area is 115 Å². The molecule has 6 nitrogen and oxygen atoms in total. The van der Waals surface area contributed by atoms with Crippen LogP contribution in [0.15, 0.2) is 18.2 Å². The van der Waals surface area contributed by atoms with Gasteiger partial charge in [0.25, 0.3) is 5.91 Å². The first kappa shape index (κ1) is 14.4. The van der Waals surface area contributed by atoms with Crippen molar-refractivity contribution in [3.8, 4) is 0 Å². The van der Waals surface area contributed by atoms with Crippen molar-refractivity contribution in [1.29, 1.82) is 0 Å². The molecule has 0 unspecified atom stereocenters. The van der Waals surface area contributed by atoms with E-state index in [4.69, 9.17) is 0 Å². The SMILES string of the molecule is CN1CCC(NC(=O)c2ccc(F)c([N+](=O)[O-])c2)CC1. The highest BCUT2D eigenvalue weighted by Crippen LogP contribution is 2.19. The largest absolute Gasteiger partial charge is 0.349 e. The molecule has 1 aliphatic heterocycles. The summed E-state index contributed by atoms with van der Waals surface area (Å²) in [5.41, 5.74) is -0.571. The first-order chi connectivity index (χ1) is 9.47. The van der Waals surface area contributed by atoms with Crippen LogP contribution < -0.4 is 5.32 Å². The summed E-state index contributed by atoms with van der Waals surface area (Å²) in [7, 11) is 2.02. The topological polar surface area (TPSA) is 75.5 Å². The maximum absolute atomic E-state index is 13.2. The van der Waals surface area contributed by atoms with E-state index in [0.717, 1.165) is 38.1 Å². The summed E-state index contributed by atoms with van der Waals surface area (Å²) in [5.74, 6) is -1.34.